The molecular formula is C12H14F3N2O2S-. The number of halogens is 3. The van der Waals surface area contributed by atoms with Crippen LogP contribution in [0.1, 0.15) is 11.1 Å². The normalized spacial score (nSPS) is 11.7. The number of rotatable bonds is 6. The third-order valence-corrected chi connectivity index (χ3v) is 2.95. The van der Waals surface area contributed by atoms with E-state index in [9.17, 15) is 22.2 Å². The molecule has 1 N–H and O–H groups in total. The van der Waals surface area contributed by atoms with Gasteiger partial charge < -0.3 is 13.8 Å². The van der Waals surface area contributed by atoms with Crippen LogP contribution >= 0.6 is 0 Å². The first-order chi connectivity index (χ1) is 9.23. The number of aryl methyl sites for hydroxylation is 1. The van der Waals surface area contributed by atoms with Gasteiger partial charge in [0.15, 0.2) is 0 Å². The zero-order valence-corrected chi connectivity index (χ0v) is 11.6. The van der Waals surface area contributed by atoms with Crippen LogP contribution in [0, 0.1) is 6.92 Å². The summed E-state index contributed by atoms with van der Waals surface area (Å²) in [7, 11) is -1.42. The number of nitrogens with one attached hydrogen (secondary N) is 1. The Bertz CT molecular complexity index is 548. The molecule has 1 aromatic rings. The van der Waals surface area contributed by atoms with Crippen molar-refractivity contribution in [1.29, 1.82) is 0 Å². The molecule has 4 nitrogen and oxygen atoms in total. The monoisotopic (exact) mass is 307 g/mol. The van der Waals surface area contributed by atoms with Crippen molar-refractivity contribution in [3.05, 3.63) is 29.3 Å². The Morgan fingerprint density at radius 2 is 2.10 bits per heavy atom. The van der Waals surface area contributed by atoms with E-state index in [4.69, 9.17) is 0 Å². The number of amides is 1. The molecule has 0 heterocycles. The topological polar surface area (TPSA) is 49.4 Å². The molecule has 0 saturated carbocycles. The molecule has 0 bridgehead atoms. The second-order valence-electron chi connectivity index (χ2n) is 4.14. The van der Waals surface area contributed by atoms with Crippen LogP contribution in [0.25, 0.3) is 0 Å². The molecule has 0 aromatic heterocycles. The lowest BCUT2D eigenvalue weighted by Gasteiger charge is -2.21. The van der Waals surface area contributed by atoms with Crippen LogP contribution in [0.3, 0.4) is 0 Å². The largest absolute Gasteiger partial charge is 0.448 e. The van der Waals surface area contributed by atoms with Crippen LogP contribution in [0.5, 0.6) is 0 Å². The van der Waals surface area contributed by atoms with Gasteiger partial charge in [0, 0.05) is 12.2 Å². The van der Waals surface area contributed by atoms with E-state index >= 15 is 0 Å². The van der Waals surface area contributed by atoms with Crippen molar-refractivity contribution in [2.45, 2.75) is 19.6 Å². The predicted molar refractivity (Wildman–Crippen MR) is 72.7 cm³/mol. The molecule has 0 saturated heterocycles. The number of hydrogen-bond donors (Lipinski definition) is 1. The Hall–Kier alpha value is -1.54. The first-order valence-electron chi connectivity index (χ1n) is 5.56. The highest BCUT2D eigenvalue weighted by Gasteiger charge is 2.31. The summed E-state index contributed by atoms with van der Waals surface area (Å²) >= 11 is 0. The quantitative estimate of drug-likeness (QED) is 0.496. The average molecular weight is 307 g/mol. The molecule has 1 amide bonds. The second kappa shape index (κ2) is 6.76. The minimum absolute atomic E-state index is 0.152. The predicted octanol–water partition coefficient (Wildman–Crippen LogP) is 1.92. The van der Waals surface area contributed by atoms with Gasteiger partial charge in [0.2, 0.25) is 6.41 Å². The minimum atomic E-state index is -4.46. The molecular weight excluding hydrogens is 293 g/mol. The van der Waals surface area contributed by atoms with Crippen LogP contribution in [0.15, 0.2) is 18.2 Å². The molecule has 0 fully saturated rings. The molecule has 0 aliphatic heterocycles. The Balaban J connectivity index is 2.93. The van der Waals surface area contributed by atoms with Gasteiger partial charge in [-0.05, 0) is 24.1 Å². The van der Waals surface area contributed by atoms with Gasteiger partial charge in [0.05, 0.1) is 0 Å². The van der Waals surface area contributed by atoms with Crippen LogP contribution in [0.4, 0.5) is 18.9 Å². The average Bonchev–Trinajstić information content (AvgIpc) is 2.33. The maximum Gasteiger partial charge on any atom is 0.406 e. The molecule has 112 valence electrons. The van der Waals surface area contributed by atoms with Crippen molar-refractivity contribution in [2.24, 2.45) is 0 Å². The Kier molecular flexibility index (Phi) is 5.58. The van der Waals surface area contributed by atoms with Gasteiger partial charge in [0.25, 0.3) is 0 Å². The van der Waals surface area contributed by atoms with Gasteiger partial charge in [-0.3, -0.25) is 4.79 Å². The standard InChI is InChI=1S/C12H14F3N2O2S/c1-9-5-10(6-16-20(2)19)3-4-11(9)17(8-18)7-12(13,14)15/h3-5,8H,2,6-7H2,1H3,(H,16,19)/q-1. The lowest BCUT2D eigenvalue weighted by molar-refractivity contribution is -0.126. The lowest BCUT2D eigenvalue weighted by Crippen LogP contribution is -2.33. The van der Waals surface area contributed by atoms with Crippen LogP contribution < -0.4 is 9.62 Å². The van der Waals surface area contributed by atoms with Gasteiger partial charge in [-0.25, -0.2) is 10.6 Å². The molecule has 0 atom stereocenters. The summed E-state index contributed by atoms with van der Waals surface area (Å²) < 4.78 is 50.4. The van der Waals surface area contributed by atoms with Gasteiger partial charge in [-0.15, -0.1) is 0 Å². The minimum Gasteiger partial charge on any atom is -0.448 e. The Labute approximate surface area is 116 Å². The van der Waals surface area contributed by atoms with Gasteiger partial charge >= 0.3 is 6.18 Å². The highest BCUT2D eigenvalue weighted by Crippen LogP contribution is 2.24. The number of carbonyl (C=O) groups excluding carboxylic acids is 1. The summed E-state index contributed by atoms with van der Waals surface area (Å²) in [5, 5.41) is 0. The first-order valence-corrected chi connectivity index (χ1v) is 6.88. The zero-order valence-electron chi connectivity index (χ0n) is 10.7. The van der Waals surface area contributed by atoms with Crippen molar-refractivity contribution in [3.63, 3.8) is 0 Å². The summed E-state index contributed by atoms with van der Waals surface area (Å²) in [5.74, 6) is 3.26. The van der Waals surface area contributed by atoms with Crippen molar-refractivity contribution >= 4 is 28.5 Å². The van der Waals surface area contributed by atoms with Crippen LogP contribution in [-0.4, -0.2) is 25.0 Å². The van der Waals surface area contributed by atoms with Gasteiger partial charge in [0.1, 0.15) is 6.54 Å². The number of anilines is 1. The van der Waals surface area contributed by atoms with Gasteiger partial charge in [-0.2, -0.15) is 19.0 Å². The summed E-state index contributed by atoms with van der Waals surface area (Å²) in [6.45, 7) is 0.544. The molecule has 8 heteroatoms. The number of hydrogen-bond acceptors (Lipinski definition) is 3. The van der Waals surface area contributed by atoms with E-state index in [2.05, 4.69) is 10.6 Å². The Morgan fingerprint density at radius 3 is 2.55 bits per heavy atom. The second-order valence-corrected chi connectivity index (χ2v) is 5.12. The molecule has 1 rings (SSSR count). The lowest BCUT2D eigenvalue weighted by atomic mass is 10.1. The van der Waals surface area contributed by atoms with E-state index in [1.54, 1.807) is 19.1 Å². The number of benzene rings is 1. The summed E-state index contributed by atoms with van der Waals surface area (Å²) in [6.07, 6.45) is -4.31. The molecule has 1 aromatic carbocycles. The maximum atomic E-state index is 12.3. The fourth-order valence-corrected chi connectivity index (χ4v) is 2.01. The fraction of sp³-hybridized carbons (Fsp3) is 0.333. The van der Waals surface area contributed by atoms with Gasteiger partial charge in [-0.1, -0.05) is 12.1 Å². The summed E-state index contributed by atoms with van der Waals surface area (Å²) in [4.78, 5) is 11.4. The fourth-order valence-electron chi connectivity index (χ4n) is 1.69. The number of alkyl halides is 3. The number of carbonyl (C=O) groups is 1. The molecule has 20 heavy (non-hydrogen) atoms. The molecule has 0 unspecified atom stereocenters. The first kappa shape index (κ1) is 16.5. The smallest absolute Gasteiger partial charge is 0.406 e. The van der Waals surface area contributed by atoms with E-state index in [1.807, 2.05) is 0 Å². The van der Waals surface area contributed by atoms with Crippen LogP contribution in [-0.2, 0) is 26.1 Å². The van der Waals surface area contributed by atoms with E-state index < -0.39 is 23.3 Å². The third kappa shape index (κ3) is 5.22. The molecule has 0 spiro atoms. The van der Waals surface area contributed by atoms with Crippen LogP contribution in [0.2, 0.25) is 0 Å². The van der Waals surface area contributed by atoms with Crippen molar-refractivity contribution in [1.82, 2.24) is 4.72 Å². The van der Waals surface area contributed by atoms with E-state index in [-0.39, 0.29) is 18.6 Å². The number of nitrogens with zero attached hydrogens (tertiary/aromatic N) is 1. The van der Waals surface area contributed by atoms with Crippen molar-refractivity contribution in [2.75, 3.05) is 11.4 Å². The molecule has 0 radical (unpaired) electrons. The SMILES string of the molecule is C=[S-](=O)NCc1ccc(N(C=O)CC(F)(F)F)c(C)c1. The maximum absolute atomic E-state index is 12.3. The van der Waals surface area contributed by atoms with Crippen molar-refractivity contribution in [3.8, 4) is 0 Å². The third-order valence-electron chi connectivity index (χ3n) is 2.48. The highest BCUT2D eigenvalue weighted by atomic mass is 32.2. The molecule has 0 aliphatic carbocycles. The Morgan fingerprint density at radius 1 is 1.45 bits per heavy atom. The summed E-state index contributed by atoms with van der Waals surface area (Å²) in [5.41, 5.74) is 1.45. The highest BCUT2D eigenvalue weighted by molar-refractivity contribution is 7.80. The summed E-state index contributed by atoms with van der Waals surface area (Å²) in [6, 6.07) is 4.62. The zero-order chi connectivity index (χ0) is 15.3. The van der Waals surface area contributed by atoms with E-state index in [0.29, 0.717) is 10.5 Å². The van der Waals surface area contributed by atoms with E-state index in [1.165, 1.54) is 6.07 Å². The van der Waals surface area contributed by atoms with Crippen molar-refractivity contribution < 1.29 is 22.2 Å². The molecule has 0 aliphatic rings. The van der Waals surface area contributed by atoms with E-state index in [0.717, 1.165) is 5.56 Å².